The Balaban J connectivity index is 1.54. The number of furan rings is 1. The SMILES string of the molecule is COc1cccc2cc(C(=O)N(C3CCCCC3)C3CC(C(=O)NCCO)=CC(Oc4ccccc4I)C3O)oc12. The van der Waals surface area contributed by atoms with E-state index in [9.17, 15) is 19.8 Å². The number of benzene rings is 2. The van der Waals surface area contributed by atoms with Crippen molar-refractivity contribution >= 4 is 45.4 Å². The molecule has 10 heteroatoms. The summed E-state index contributed by atoms with van der Waals surface area (Å²) in [5.41, 5.74) is 0.875. The molecule has 218 valence electrons. The summed E-state index contributed by atoms with van der Waals surface area (Å²) in [7, 11) is 1.55. The molecule has 0 aliphatic heterocycles. The van der Waals surface area contributed by atoms with Gasteiger partial charge in [-0.05, 0) is 65.8 Å². The van der Waals surface area contributed by atoms with Gasteiger partial charge in [-0.15, -0.1) is 0 Å². The summed E-state index contributed by atoms with van der Waals surface area (Å²) in [5, 5.41) is 24.5. The van der Waals surface area contributed by atoms with Crippen molar-refractivity contribution in [2.45, 2.75) is 62.8 Å². The van der Waals surface area contributed by atoms with E-state index < -0.39 is 18.2 Å². The highest BCUT2D eigenvalue weighted by atomic mass is 127. The molecule has 3 N–H and O–H groups in total. The van der Waals surface area contributed by atoms with Crippen LogP contribution in [0.5, 0.6) is 11.5 Å². The van der Waals surface area contributed by atoms with Gasteiger partial charge in [-0.2, -0.15) is 0 Å². The van der Waals surface area contributed by atoms with E-state index in [1.807, 2.05) is 36.4 Å². The number of methoxy groups -OCH3 is 1. The van der Waals surface area contributed by atoms with Crippen molar-refractivity contribution < 1.29 is 33.7 Å². The number of halogens is 1. The third-order valence-corrected chi connectivity index (χ3v) is 8.70. The number of carbonyl (C=O) groups is 2. The molecule has 9 nitrogen and oxygen atoms in total. The molecule has 0 radical (unpaired) electrons. The van der Waals surface area contributed by atoms with Gasteiger partial charge in [0.2, 0.25) is 5.91 Å². The van der Waals surface area contributed by atoms with Gasteiger partial charge in [0.15, 0.2) is 17.1 Å². The summed E-state index contributed by atoms with van der Waals surface area (Å²) in [5.74, 6) is 0.545. The standard InChI is InChI=1S/C31H35IN2O7/c1-39-25-13-7-8-19-17-27(41-29(19)25)31(38)34(21-9-3-2-4-10-21)23-16-20(30(37)33-14-15-35)18-26(28(23)36)40-24-12-6-5-11-22(24)32/h5-8,11-13,17-18,21,23,26,28,35-36H,2-4,9-10,14-16H2,1H3,(H,33,37). The summed E-state index contributed by atoms with van der Waals surface area (Å²) >= 11 is 2.16. The molecule has 2 aromatic carbocycles. The summed E-state index contributed by atoms with van der Waals surface area (Å²) in [6.45, 7) is -0.104. The summed E-state index contributed by atoms with van der Waals surface area (Å²) < 4.78 is 18.6. The van der Waals surface area contributed by atoms with Crippen LogP contribution in [0.3, 0.4) is 0 Å². The molecule has 0 spiro atoms. The summed E-state index contributed by atoms with van der Waals surface area (Å²) in [6, 6.07) is 13.7. The molecular formula is C31H35IN2O7. The topological polar surface area (TPSA) is 121 Å². The molecular weight excluding hydrogens is 639 g/mol. The number of nitrogens with zero attached hydrogens (tertiary/aromatic N) is 1. The van der Waals surface area contributed by atoms with Gasteiger partial charge >= 0.3 is 0 Å². The van der Waals surface area contributed by atoms with E-state index in [-0.39, 0.29) is 43.2 Å². The molecule has 2 amide bonds. The number of hydrogen-bond donors (Lipinski definition) is 3. The first-order valence-electron chi connectivity index (χ1n) is 14.0. The Morgan fingerprint density at radius 3 is 2.59 bits per heavy atom. The molecule has 0 saturated heterocycles. The highest BCUT2D eigenvalue weighted by Crippen LogP contribution is 2.36. The Kier molecular flexibility index (Phi) is 9.51. The van der Waals surface area contributed by atoms with Gasteiger partial charge in [0.05, 0.1) is 23.3 Å². The van der Waals surface area contributed by atoms with Gasteiger partial charge in [0, 0.05) is 30.0 Å². The van der Waals surface area contributed by atoms with Gasteiger partial charge in [-0.1, -0.05) is 43.5 Å². The maximum atomic E-state index is 14.3. The average molecular weight is 675 g/mol. The molecule has 2 aliphatic rings. The Hall–Kier alpha value is -3.09. The van der Waals surface area contributed by atoms with Gasteiger partial charge in [-0.3, -0.25) is 9.59 Å². The van der Waals surface area contributed by atoms with Crippen LogP contribution in [0.15, 0.2) is 64.6 Å². The second-order valence-electron chi connectivity index (χ2n) is 10.4. The van der Waals surface area contributed by atoms with Crippen LogP contribution in [-0.2, 0) is 4.79 Å². The Morgan fingerprint density at radius 2 is 1.85 bits per heavy atom. The number of aliphatic hydroxyl groups is 2. The fourth-order valence-corrected chi connectivity index (χ4v) is 6.33. The van der Waals surface area contributed by atoms with Crippen molar-refractivity contribution in [1.29, 1.82) is 0 Å². The molecule has 3 atom stereocenters. The molecule has 41 heavy (non-hydrogen) atoms. The second kappa shape index (κ2) is 13.3. The van der Waals surface area contributed by atoms with E-state index in [4.69, 9.17) is 13.9 Å². The van der Waals surface area contributed by atoms with E-state index in [0.29, 0.717) is 22.7 Å². The quantitative estimate of drug-likeness (QED) is 0.287. The van der Waals surface area contributed by atoms with Crippen LogP contribution in [0.25, 0.3) is 11.0 Å². The first-order valence-corrected chi connectivity index (χ1v) is 15.1. The van der Waals surface area contributed by atoms with Gasteiger partial charge < -0.3 is 34.3 Å². The lowest BCUT2D eigenvalue weighted by Crippen LogP contribution is -2.58. The van der Waals surface area contributed by atoms with Gasteiger partial charge in [0.25, 0.3) is 5.91 Å². The molecule has 0 bridgehead atoms. The average Bonchev–Trinajstić information content (AvgIpc) is 3.44. The zero-order chi connectivity index (χ0) is 28.9. The van der Waals surface area contributed by atoms with Crippen molar-refractivity contribution in [3.63, 3.8) is 0 Å². The minimum Gasteiger partial charge on any atom is -0.493 e. The smallest absolute Gasteiger partial charge is 0.290 e. The number of ether oxygens (including phenoxy) is 2. The van der Waals surface area contributed by atoms with E-state index in [1.165, 1.54) is 0 Å². The molecule has 1 heterocycles. The summed E-state index contributed by atoms with van der Waals surface area (Å²) in [4.78, 5) is 29.2. The fraction of sp³-hybridized carbons (Fsp3) is 0.419. The van der Waals surface area contributed by atoms with Crippen LogP contribution in [0, 0.1) is 3.57 Å². The van der Waals surface area contributed by atoms with Crippen LogP contribution in [0.4, 0.5) is 0 Å². The van der Waals surface area contributed by atoms with Crippen LogP contribution in [0.1, 0.15) is 49.1 Å². The van der Waals surface area contributed by atoms with Crippen molar-refractivity contribution in [3.05, 3.63) is 69.5 Å². The van der Waals surface area contributed by atoms with E-state index in [2.05, 4.69) is 27.9 Å². The molecule has 2 aliphatic carbocycles. The Morgan fingerprint density at radius 1 is 1.10 bits per heavy atom. The molecule has 5 rings (SSSR count). The van der Waals surface area contributed by atoms with E-state index in [0.717, 1.165) is 41.1 Å². The maximum Gasteiger partial charge on any atom is 0.290 e. The molecule has 1 saturated carbocycles. The highest BCUT2D eigenvalue weighted by molar-refractivity contribution is 14.1. The predicted octanol–water partition coefficient (Wildman–Crippen LogP) is 4.44. The number of amides is 2. The van der Waals surface area contributed by atoms with E-state index in [1.54, 1.807) is 30.2 Å². The summed E-state index contributed by atoms with van der Waals surface area (Å²) in [6.07, 6.45) is 4.37. The number of para-hydroxylation sites is 2. The lowest BCUT2D eigenvalue weighted by atomic mass is 9.85. The van der Waals surface area contributed by atoms with Crippen molar-refractivity contribution in [3.8, 4) is 11.5 Å². The highest BCUT2D eigenvalue weighted by Gasteiger charge is 2.44. The van der Waals surface area contributed by atoms with Crippen molar-refractivity contribution in [1.82, 2.24) is 10.2 Å². The fourth-order valence-electron chi connectivity index (χ4n) is 5.81. The van der Waals surface area contributed by atoms with Crippen LogP contribution in [-0.4, -0.2) is 71.5 Å². The molecule has 1 fully saturated rings. The van der Waals surface area contributed by atoms with Gasteiger partial charge in [-0.25, -0.2) is 0 Å². The van der Waals surface area contributed by atoms with Crippen molar-refractivity contribution in [2.75, 3.05) is 20.3 Å². The first-order chi connectivity index (χ1) is 19.9. The number of hydrogen-bond acceptors (Lipinski definition) is 7. The lowest BCUT2D eigenvalue weighted by Gasteiger charge is -2.44. The maximum absolute atomic E-state index is 14.3. The van der Waals surface area contributed by atoms with Crippen LogP contribution >= 0.6 is 22.6 Å². The van der Waals surface area contributed by atoms with Gasteiger partial charge in [0.1, 0.15) is 18.0 Å². The predicted molar refractivity (Wildman–Crippen MR) is 162 cm³/mol. The molecule has 1 aromatic heterocycles. The third-order valence-electron chi connectivity index (χ3n) is 7.81. The number of nitrogens with one attached hydrogen (secondary N) is 1. The monoisotopic (exact) mass is 674 g/mol. The second-order valence-corrected chi connectivity index (χ2v) is 11.6. The normalized spacial score (nSPS) is 21.3. The zero-order valence-electron chi connectivity index (χ0n) is 22.9. The van der Waals surface area contributed by atoms with E-state index >= 15 is 0 Å². The number of fused-ring (bicyclic) bond motifs is 1. The Bertz CT molecular complexity index is 1410. The zero-order valence-corrected chi connectivity index (χ0v) is 25.1. The Labute approximate surface area is 252 Å². The lowest BCUT2D eigenvalue weighted by molar-refractivity contribution is -0.118. The molecule has 3 aromatic rings. The van der Waals surface area contributed by atoms with Crippen LogP contribution in [0.2, 0.25) is 0 Å². The first kappa shape index (κ1) is 29.4. The largest absolute Gasteiger partial charge is 0.493 e. The third kappa shape index (κ3) is 6.39. The van der Waals surface area contributed by atoms with Crippen molar-refractivity contribution in [2.24, 2.45) is 0 Å². The number of aliphatic hydroxyl groups excluding tert-OH is 2. The molecule has 3 unspecified atom stereocenters. The number of carbonyl (C=O) groups excluding carboxylic acids is 2. The minimum atomic E-state index is -1.11. The minimum absolute atomic E-state index is 0.0948. The number of rotatable bonds is 9. The van der Waals surface area contributed by atoms with Crippen LogP contribution < -0.4 is 14.8 Å².